The molecule has 0 atom stereocenters. The Kier molecular flexibility index (Phi) is 8.34. The summed E-state index contributed by atoms with van der Waals surface area (Å²) in [6, 6.07) is 0. The predicted molar refractivity (Wildman–Crippen MR) is 43.3 cm³/mol. The highest BCUT2D eigenvalue weighted by molar-refractivity contribution is 5.97. The highest BCUT2D eigenvalue weighted by Crippen LogP contribution is 2.01. The normalized spacial score (nSPS) is 10.0. The molecule has 0 saturated carbocycles. The number of rotatable bonds is 6. The summed E-state index contributed by atoms with van der Waals surface area (Å²) in [6.07, 6.45) is 6.67. The van der Waals surface area contributed by atoms with E-state index in [1.807, 2.05) is 0 Å². The lowest BCUT2D eigenvalue weighted by molar-refractivity contribution is 0.333. The van der Waals surface area contributed by atoms with E-state index in [0.717, 1.165) is 6.61 Å². The molecule has 0 heterocycles. The van der Waals surface area contributed by atoms with Gasteiger partial charge in [-0.1, -0.05) is 32.6 Å². The third-order valence-electron chi connectivity index (χ3n) is 1.39. The average molecular weight is 145 g/mol. The van der Waals surface area contributed by atoms with Crippen LogP contribution >= 0.6 is 0 Å². The zero-order valence-corrected chi connectivity index (χ0v) is 7.77. The number of hydrogen-bond donors (Lipinski definition) is 0. The number of unbranched alkanes of at least 4 members (excludes halogenated alkanes) is 4. The minimum atomic E-state index is 0.947. The van der Waals surface area contributed by atoms with E-state index in [0.29, 0.717) is 0 Å². The quantitative estimate of drug-likeness (QED) is 0.407. The Morgan fingerprint density at radius 2 is 1.78 bits per heavy atom. The lowest BCUT2D eigenvalue weighted by atomic mass is 10.2. The zero-order valence-electron chi connectivity index (χ0n) is 6.36. The maximum atomic E-state index is 4.95. The summed E-state index contributed by atoms with van der Waals surface area (Å²) in [7, 11) is 1.59. The van der Waals surface area contributed by atoms with Crippen molar-refractivity contribution in [2.45, 2.75) is 39.0 Å². The first kappa shape index (κ1) is 9.18. The van der Waals surface area contributed by atoms with Crippen molar-refractivity contribution in [3.8, 4) is 0 Å². The topological polar surface area (TPSA) is 9.23 Å². The predicted octanol–water partition coefficient (Wildman–Crippen LogP) is 1.52. The molecule has 0 spiro atoms. The van der Waals surface area contributed by atoms with E-state index >= 15 is 0 Å². The summed E-state index contributed by atoms with van der Waals surface area (Å²) in [5.41, 5.74) is 0. The fourth-order valence-corrected chi connectivity index (χ4v) is 1.01. The fourth-order valence-electron chi connectivity index (χ4n) is 0.808. The zero-order chi connectivity index (χ0) is 6.95. The highest BCUT2D eigenvalue weighted by Gasteiger charge is 1.85. The van der Waals surface area contributed by atoms with Crippen LogP contribution in [0, 0.1) is 0 Å². The van der Waals surface area contributed by atoms with Gasteiger partial charge in [0.05, 0.1) is 0 Å². The SMILES string of the molecule is CCCCCCCO[SiH2]. The first-order chi connectivity index (χ1) is 4.41. The Hall–Kier alpha value is 0.177. The van der Waals surface area contributed by atoms with E-state index in [1.165, 1.54) is 32.1 Å². The maximum Gasteiger partial charge on any atom is 0.174 e. The van der Waals surface area contributed by atoms with Gasteiger partial charge in [-0.05, 0) is 6.42 Å². The largest absolute Gasteiger partial charge is 0.425 e. The minimum Gasteiger partial charge on any atom is -0.425 e. The van der Waals surface area contributed by atoms with Crippen LogP contribution in [0.4, 0.5) is 0 Å². The molecule has 0 aliphatic carbocycles. The minimum absolute atomic E-state index is 0.947. The molecule has 0 aliphatic rings. The molecular weight excluding hydrogens is 128 g/mol. The first-order valence-corrected chi connectivity index (χ1v) is 4.36. The average Bonchev–Trinajstić information content (AvgIpc) is 1.89. The van der Waals surface area contributed by atoms with Crippen LogP contribution in [0.15, 0.2) is 0 Å². The molecule has 1 radical (unpaired) electrons. The summed E-state index contributed by atoms with van der Waals surface area (Å²) in [6.45, 7) is 3.18. The molecule has 55 valence electrons. The number of hydrogen-bond acceptors (Lipinski definition) is 1. The second-order valence-electron chi connectivity index (χ2n) is 2.32. The first-order valence-electron chi connectivity index (χ1n) is 3.78. The van der Waals surface area contributed by atoms with Crippen molar-refractivity contribution in [2.24, 2.45) is 0 Å². The van der Waals surface area contributed by atoms with E-state index in [-0.39, 0.29) is 0 Å². The molecule has 0 unspecified atom stereocenters. The van der Waals surface area contributed by atoms with Crippen LogP contribution in [0.25, 0.3) is 0 Å². The van der Waals surface area contributed by atoms with Crippen molar-refractivity contribution in [3.05, 3.63) is 0 Å². The van der Waals surface area contributed by atoms with Crippen molar-refractivity contribution < 1.29 is 4.43 Å². The van der Waals surface area contributed by atoms with Gasteiger partial charge < -0.3 is 4.43 Å². The van der Waals surface area contributed by atoms with Gasteiger partial charge in [0.25, 0.3) is 0 Å². The van der Waals surface area contributed by atoms with E-state index < -0.39 is 0 Å². The standard InChI is InChI=1S/C7H17OSi/c1-2-3-4-5-6-7-8-9/h2-7,9H2,1H3. The van der Waals surface area contributed by atoms with Crippen molar-refractivity contribution in [2.75, 3.05) is 6.61 Å². The molecule has 9 heavy (non-hydrogen) atoms. The summed E-state index contributed by atoms with van der Waals surface area (Å²) in [5.74, 6) is 0. The van der Waals surface area contributed by atoms with Crippen LogP contribution < -0.4 is 0 Å². The molecule has 0 bridgehead atoms. The Balaban J connectivity index is 2.60. The molecule has 0 fully saturated rings. The highest BCUT2D eigenvalue weighted by atomic mass is 28.2. The molecule has 0 aromatic carbocycles. The maximum absolute atomic E-state index is 4.95. The van der Waals surface area contributed by atoms with Crippen LogP contribution in [0.3, 0.4) is 0 Å². The van der Waals surface area contributed by atoms with Gasteiger partial charge in [-0.25, -0.2) is 0 Å². The monoisotopic (exact) mass is 145 g/mol. The third kappa shape index (κ3) is 8.18. The Morgan fingerprint density at radius 3 is 2.33 bits per heavy atom. The molecule has 0 amide bonds. The van der Waals surface area contributed by atoms with Crippen LogP contribution in [0.2, 0.25) is 0 Å². The van der Waals surface area contributed by atoms with Crippen LogP contribution in [-0.4, -0.2) is 17.1 Å². The fraction of sp³-hybridized carbons (Fsp3) is 1.00. The van der Waals surface area contributed by atoms with Gasteiger partial charge >= 0.3 is 0 Å². The third-order valence-corrected chi connectivity index (χ3v) is 1.68. The van der Waals surface area contributed by atoms with Crippen LogP contribution in [-0.2, 0) is 4.43 Å². The van der Waals surface area contributed by atoms with Gasteiger partial charge in [-0.3, -0.25) is 0 Å². The molecule has 0 aromatic heterocycles. The van der Waals surface area contributed by atoms with Crippen LogP contribution in [0.1, 0.15) is 39.0 Å². The molecule has 0 N–H and O–H groups in total. The summed E-state index contributed by atoms with van der Waals surface area (Å²) >= 11 is 0. The van der Waals surface area contributed by atoms with E-state index in [1.54, 1.807) is 10.5 Å². The molecule has 0 aliphatic heterocycles. The van der Waals surface area contributed by atoms with E-state index in [4.69, 9.17) is 4.43 Å². The van der Waals surface area contributed by atoms with Gasteiger partial charge in [0, 0.05) is 6.61 Å². The molecular formula is C7H17OSi. The summed E-state index contributed by atoms with van der Waals surface area (Å²) in [5, 5.41) is 0. The molecule has 1 nitrogen and oxygen atoms in total. The molecule has 0 aromatic rings. The molecule has 0 rings (SSSR count). The van der Waals surface area contributed by atoms with E-state index in [2.05, 4.69) is 6.92 Å². The van der Waals surface area contributed by atoms with Crippen molar-refractivity contribution in [3.63, 3.8) is 0 Å². The summed E-state index contributed by atoms with van der Waals surface area (Å²) < 4.78 is 4.95. The molecule has 2 heteroatoms. The Bertz CT molecular complexity index is 42.2. The van der Waals surface area contributed by atoms with Gasteiger partial charge in [0.2, 0.25) is 0 Å². The second-order valence-corrected chi connectivity index (χ2v) is 2.73. The van der Waals surface area contributed by atoms with Gasteiger partial charge in [0.1, 0.15) is 0 Å². The Labute approximate surface area is 61.3 Å². The van der Waals surface area contributed by atoms with Crippen molar-refractivity contribution >= 4 is 10.5 Å². The molecule has 0 saturated heterocycles. The van der Waals surface area contributed by atoms with Crippen molar-refractivity contribution in [1.82, 2.24) is 0 Å². The lowest BCUT2D eigenvalue weighted by Gasteiger charge is -1.97. The smallest absolute Gasteiger partial charge is 0.174 e. The van der Waals surface area contributed by atoms with Crippen LogP contribution in [0.5, 0.6) is 0 Å². The second kappa shape index (κ2) is 8.18. The lowest BCUT2D eigenvalue weighted by Crippen LogP contribution is -1.88. The van der Waals surface area contributed by atoms with E-state index in [9.17, 15) is 0 Å². The summed E-state index contributed by atoms with van der Waals surface area (Å²) in [4.78, 5) is 0. The Morgan fingerprint density at radius 1 is 1.11 bits per heavy atom. The van der Waals surface area contributed by atoms with Gasteiger partial charge in [0.15, 0.2) is 10.5 Å². The van der Waals surface area contributed by atoms with Gasteiger partial charge in [-0.2, -0.15) is 0 Å². The van der Waals surface area contributed by atoms with Gasteiger partial charge in [-0.15, -0.1) is 0 Å². The van der Waals surface area contributed by atoms with Crippen molar-refractivity contribution in [1.29, 1.82) is 0 Å².